The molecule has 0 saturated heterocycles. The van der Waals surface area contributed by atoms with Crippen LogP contribution in [0.25, 0.3) is 0 Å². The third kappa shape index (κ3) is 7.08. The second kappa shape index (κ2) is 11.2. The summed E-state index contributed by atoms with van der Waals surface area (Å²) in [7, 11) is 5.60. The molecule has 0 unspecified atom stereocenters. The van der Waals surface area contributed by atoms with Crippen LogP contribution < -0.4 is 20.7 Å². The van der Waals surface area contributed by atoms with E-state index >= 15 is 0 Å². The molecule has 0 fully saturated rings. The molecule has 30 heavy (non-hydrogen) atoms. The Morgan fingerprint density at radius 3 is 2.13 bits per heavy atom. The molecule has 3 amide bonds. The third-order valence-corrected chi connectivity index (χ3v) is 4.78. The minimum atomic E-state index is -0.229. The van der Waals surface area contributed by atoms with Crippen molar-refractivity contribution in [3.63, 3.8) is 0 Å². The van der Waals surface area contributed by atoms with E-state index in [1.165, 1.54) is 0 Å². The van der Waals surface area contributed by atoms with Crippen LogP contribution in [0.2, 0.25) is 0 Å². The number of methoxy groups -OCH3 is 1. The highest BCUT2D eigenvalue weighted by Gasteiger charge is 2.15. The highest BCUT2D eigenvalue weighted by Crippen LogP contribution is 2.20. The molecule has 0 aliphatic rings. The molecule has 162 valence electrons. The van der Waals surface area contributed by atoms with Gasteiger partial charge in [0.2, 0.25) is 5.91 Å². The van der Waals surface area contributed by atoms with Crippen molar-refractivity contribution in [1.29, 1.82) is 0 Å². The second-order valence-corrected chi connectivity index (χ2v) is 7.66. The molecule has 2 aromatic rings. The Hall–Kier alpha value is -3.06. The Morgan fingerprint density at radius 1 is 0.967 bits per heavy atom. The van der Waals surface area contributed by atoms with Crippen LogP contribution in [0.5, 0.6) is 5.75 Å². The minimum Gasteiger partial charge on any atom is -0.497 e. The van der Waals surface area contributed by atoms with Crippen molar-refractivity contribution in [3.8, 4) is 5.75 Å². The fraction of sp³-hybridized carbons (Fsp3) is 0.391. The van der Waals surface area contributed by atoms with Gasteiger partial charge in [-0.05, 0) is 49.5 Å². The van der Waals surface area contributed by atoms with E-state index in [4.69, 9.17) is 4.74 Å². The number of anilines is 1. The Bertz CT molecular complexity index is 817. The van der Waals surface area contributed by atoms with Crippen molar-refractivity contribution < 1.29 is 14.3 Å². The third-order valence-electron chi connectivity index (χ3n) is 4.78. The zero-order valence-electron chi connectivity index (χ0n) is 18.4. The van der Waals surface area contributed by atoms with Crippen LogP contribution in [0.1, 0.15) is 31.0 Å². The molecular formula is C23H32N4O3. The van der Waals surface area contributed by atoms with Crippen LogP contribution in [-0.4, -0.2) is 44.6 Å². The highest BCUT2D eigenvalue weighted by atomic mass is 16.5. The summed E-state index contributed by atoms with van der Waals surface area (Å²) in [5, 5.41) is 8.65. The predicted octanol–water partition coefficient (Wildman–Crippen LogP) is 3.39. The van der Waals surface area contributed by atoms with Crippen LogP contribution in [0.15, 0.2) is 48.5 Å². The summed E-state index contributed by atoms with van der Waals surface area (Å²) >= 11 is 0. The van der Waals surface area contributed by atoms with E-state index < -0.39 is 0 Å². The van der Waals surface area contributed by atoms with Crippen molar-refractivity contribution in [2.24, 2.45) is 5.92 Å². The van der Waals surface area contributed by atoms with Crippen molar-refractivity contribution in [1.82, 2.24) is 15.5 Å². The summed E-state index contributed by atoms with van der Waals surface area (Å²) in [6.07, 6.45) is 0. The molecule has 0 saturated carbocycles. The van der Waals surface area contributed by atoms with Gasteiger partial charge in [0.1, 0.15) is 5.75 Å². The van der Waals surface area contributed by atoms with Crippen molar-refractivity contribution in [3.05, 3.63) is 59.7 Å². The number of benzene rings is 2. The molecule has 0 aliphatic heterocycles. The second-order valence-electron chi connectivity index (χ2n) is 7.66. The Kier molecular flexibility index (Phi) is 8.68. The maximum Gasteiger partial charge on any atom is 0.315 e. The van der Waals surface area contributed by atoms with E-state index in [1.54, 1.807) is 7.11 Å². The number of nitrogens with zero attached hydrogens (tertiary/aromatic N) is 1. The number of likely N-dealkylation sites (N-methyl/N-ethyl adjacent to an activating group) is 1. The monoisotopic (exact) mass is 412 g/mol. The lowest BCUT2D eigenvalue weighted by Gasteiger charge is -2.25. The first-order valence-corrected chi connectivity index (χ1v) is 10.0. The molecule has 0 heterocycles. The topological polar surface area (TPSA) is 82.7 Å². The van der Waals surface area contributed by atoms with Crippen molar-refractivity contribution in [2.45, 2.75) is 26.4 Å². The Labute approximate surface area is 178 Å². The summed E-state index contributed by atoms with van der Waals surface area (Å²) in [6, 6.07) is 15.1. The number of nitrogens with one attached hydrogen (secondary N) is 3. The average Bonchev–Trinajstić information content (AvgIpc) is 2.73. The standard InChI is InChI=1S/C23H32N4O3/c1-16(2)22(28)26-19-10-6-17(7-11-19)14-24-23(29)25-15-21(27(3)4)18-8-12-20(30-5)13-9-18/h6-13,16,21H,14-15H2,1-5H3,(H,26,28)(H2,24,25,29)/t21-/m0/s1. The number of hydrogen-bond donors (Lipinski definition) is 3. The first kappa shape index (κ1) is 23.2. The van der Waals surface area contributed by atoms with Gasteiger partial charge in [0.15, 0.2) is 0 Å². The van der Waals surface area contributed by atoms with Gasteiger partial charge in [0, 0.05) is 24.7 Å². The first-order chi connectivity index (χ1) is 14.3. The summed E-state index contributed by atoms with van der Waals surface area (Å²) < 4.78 is 5.20. The van der Waals surface area contributed by atoms with Crippen LogP contribution in [0, 0.1) is 5.92 Å². The van der Waals surface area contributed by atoms with Gasteiger partial charge < -0.3 is 25.6 Å². The van der Waals surface area contributed by atoms with Crippen LogP contribution in [0.3, 0.4) is 0 Å². The number of ether oxygens (including phenoxy) is 1. The zero-order chi connectivity index (χ0) is 22.1. The van der Waals surface area contributed by atoms with Gasteiger partial charge in [-0.15, -0.1) is 0 Å². The predicted molar refractivity (Wildman–Crippen MR) is 120 cm³/mol. The first-order valence-electron chi connectivity index (χ1n) is 10.0. The lowest BCUT2D eigenvalue weighted by molar-refractivity contribution is -0.118. The molecular weight excluding hydrogens is 380 g/mol. The molecule has 7 nitrogen and oxygen atoms in total. The number of amides is 3. The fourth-order valence-corrected chi connectivity index (χ4v) is 2.85. The number of hydrogen-bond acceptors (Lipinski definition) is 4. The molecule has 2 aromatic carbocycles. The maximum absolute atomic E-state index is 12.2. The normalized spacial score (nSPS) is 11.8. The minimum absolute atomic E-state index is 0.0208. The van der Waals surface area contributed by atoms with E-state index in [1.807, 2.05) is 76.5 Å². The largest absolute Gasteiger partial charge is 0.497 e. The summed E-state index contributed by atoms with van der Waals surface area (Å²) in [5.74, 6) is 0.711. The number of urea groups is 1. The molecule has 0 radical (unpaired) electrons. The van der Waals surface area contributed by atoms with E-state index in [-0.39, 0.29) is 23.9 Å². The van der Waals surface area contributed by atoms with Crippen LogP contribution in [-0.2, 0) is 11.3 Å². The number of carbonyl (C=O) groups excluding carboxylic acids is 2. The van der Waals surface area contributed by atoms with Crippen LogP contribution >= 0.6 is 0 Å². The van der Waals surface area contributed by atoms with Gasteiger partial charge in [-0.1, -0.05) is 38.1 Å². The van der Waals surface area contributed by atoms with Crippen molar-refractivity contribution >= 4 is 17.6 Å². The SMILES string of the molecule is COc1ccc([C@H](CNC(=O)NCc2ccc(NC(=O)C(C)C)cc2)N(C)C)cc1. The molecule has 3 N–H and O–H groups in total. The van der Waals surface area contributed by atoms with Gasteiger partial charge >= 0.3 is 6.03 Å². The molecule has 0 spiro atoms. The van der Waals surface area contributed by atoms with Gasteiger partial charge in [-0.2, -0.15) is 0 Å². The smallest absolute Gasteiger partial charge is 0.315 e. The molecule has 0 aliphatic carbocycles. The van der Waals surface area contributed by atoms with Gasteiger partial charge in [-0.3, -0.25) is 4.79 Å². The van der Waals surface area contributed by atoms with E-state index in [0.717, 1.165) is 22.6 Å². The van der Waals surface area contributed by atoms with Crippen molar-refractivity contribution in [2.75, 3.05) is 33.1 Å². The summed E-state index contributed by atoms with van der Waals surface area (Å²) in [6.45, 7) is 4.58. The highest BCUT2D eigenvalue weighted by molar-refractivity contribution is 5.92. The zero-order valence-corrected chi connectivity index (χ0v) is 18.4. The average molecular weight is 413 g/mol. The molecule has 0 aromatic heterocycles. The summed E-state index contributed by atoms with van der Waals surface area (Å²) in [5.41, 5.74) is 2.79. The van der Waals surface area contributed by atoms with Gasteiger partial charge in [0.05, 0.1) is 13.2 Å². The lowest BCUT2D eigenvalue weighted by atomic mass is 10.1. The van der Waals surface area contributed by atoms with E-state index in [9.17, 15) is 9.59 Å². The Morgan fingerprint density at radius 2 is 1.60 bits per heavy atom. The summed E-state index contributed by atoms with van der Waals surface area (Å²) in [4.78, 5) is 26.0. The number of rotatable bonds is 9. The maximum atomic E-state index is 12.2. The van der Waals surface area contributed by atoms with Gasteiger partial charge in [-0.25, -0.2) is 4.79 Å². The Balaban J connectivity index is 1.83. The van der Waals surface area contributed by atoms with Crippen LogP contribution in [0.4, 0.5) is 10.5 Å². The lowest BCUT2D eigenvalue weighted by Crippen LogP contribution is -2.40. The van der Waals surface area contributed by atoms with Gasteiger partial charge in [0.25, 0.3) is 0 Å². The molecule has 1 atom stereocenters. The van der Waals surface area contributed by atoms with E-state index in [2.05, 4.69) is 20.9 Å². The van der Waals surface area contributed by atoms with E-state index in [0.29, 0.717) is 13.1 Å². The molecule has 2 rings (SSSR count). The fourth-order valence-electron chi connectivity index (χ4n) is 2.85. The number of carbonyl (C=O) groups is 2. The quantitative estimate of drug-likeness (QED) is 0.590. The molecule has 0 bridgehead atoms. The molecule has 7 heteroatoms.